The number of hydrogen-bond donors (Lipinski definition) is 1. The Bertz CT molecular complexity index is 600. The molecule has 0 aromatic heterocycles. The summed E-state index contributed by atoms with van der Waals surface area (Å²) in [7, 11) is -4.03. The van der Waals surface area contributed by atoms with Crippen LogP contribution in [0.1, 0.15) is 0 Å². The standard InChI is InChI=1S/C10H9Cl2NO4S2/c11-6-2-1-3-7(12)9(6)19(16,17)13-5-18-4-8(13)10(14)15/h1-3,8H,4-5H2,(H,14,15)/t8-/m0/s1. The summed E-state index contributed by atoms with van der Waals surface area (Å²) in [6.07, 6.45) is 0. The molecule has 9 heteroatoms. The minimum atomic E-state index is -4.03. The number of halogens is 2. The summed E-state index contributed by atoms with van der Waals surface area (Å²) in [5.74, 6) is -0.908. The van der Waals surface area contributed by atoms with Crippen LogP contribution in [-0.4, -0.2) is 41.5 Å². The zero-order chi connectivity index (χ0) is 14.2. The lowest BCUT2D eigenvalue weighted by molar-refractivity contribution is -0.140. The summed E-state index contributed by atoms with van der Waals surface area (Å²) in [5, 5.41) is 9.01. The SMILES string of the molecule is O=C(O)[C@@H]1CSCN1S(=O)(=O)c1c(Cl)cccc1Cl. The fourth-order valence-corrected chi connectivity index (χ4v) is 5.93. The van der Waals surface area contributed by atoms with Crippen molar-refractivity contribution >= 4 is 51.0 Å². The van der Waals surface area contributed by atoms with E-state index in [9.17, 15) is 13.2 Å². The van der Waals surface area contributed by atoms with Crippen LogP contribution in [0.5, 0.6) is 0 Å². The van der Waals surface area contributed by atoms with Crippen LogP contribution in [0.25, 0.3) is 0 Å². The maximum Gasteiger partial charge on any atom is 0.322 e. The van der Waals surface area contributed by atoms with E-state index in [0.717, 1.165) is 4.31 Å². The third kappa shape index (κ3) is 2.71. The number of thioether (sulfide) groups is 1. The van der Waals surface area contributed by atoms with Gasteiger partial charge in [0.05, 0.1) is 15.9 Å². The smallest absolute Gasteiger partial charge is 0.322 e. The van der Waals surface area contributed by atoms with Crippen molar-refractivity contribution in [2.24, 2.45) is 0 Å². The van der Waals surface area contributed by atoms with E-state index in [4.69, 9.17) is 28.3 Å². The maximum atomic E-state index is 12.5. The van der Waals surface area contributed by atoms with Gasteiger partial charge < -0.3 is 5.11 Å². The Hall–Kier alpha value is -0.470. The van der Waals surface area contributed by atoms with Crippen LogP contribution >= 0.6 is 35.0 Å². The second-order valence-corrected chi connectivity index (χ2v) is 7.44. The normalized spacial score (nSPS) is 20.6. The van der Waals surface area contributed by atoms with Gasteiger partial charge in [0, 0.05) is 5.75 Å². The molecule has 1 saturated heterocycles. The van der Waals surface area contributed by atoms with E-state index in [2.05, 4.69) is 0 Å². The monoisotopic (exact) mass is 341 g/mol. The maximum absolute atomic E-state index is 12.5. The van der Waals surface area contributed by atoms with E-state index in [-0.39, 0.29) is 26.6 Å². The third-order valence-corrected chi connectivity index (χ3v) is 6.60. The molecule has 1 aromatic carbocycles. The Balaban J connectivity index is 2.51. The molecule has 0 saturated carbocycles. The lowest BCUT2D eigenvalue weighted by Gasteiger charge is -2.21. The summed E-state index contributed by atoms with van der Waals surface area (Å²) >= 11 is 13.0. The van der Waals surface area contributed by atoms with E-state index in [1.807, 2.05) is 0 Å². The highest BCUT2D eigenvalue weighted by Gasteiger charge is 2.41. The molecular formula is C10H9Cl2NO4S2. The molecule has 19 heavy (non-hydrogen) atoms. The van der Waals surface area contributed by atoms with Gasteiger partial charge in [0.15, 0.2) is 0 Å². The first-order valence-corrected chi connectivity index (χ1v) is 8.47. The van der Waals surface area contributed by atoms with Crippen molar-refractivity contribution in [3.63, 3.8) is 0 Å². The molecule has 1 aromatic rings. The topological polar surface area (TPSA) is 74.7 Å². The van der Waals surface area contributed by atoms with Gasteiger partial charge >= 0.3 is 5.97 Å². The Labute approximate surface area is 124 Å². The zero-order valence-corrected chi connectivity index (χ0v) is 12.6. The van der Waals surface area contributed by atoms with Gasteiger partial charge in [-0.2, -0.15) is 4.31 Å². The van der Waals surface area contributed by atoms with Crippen LogP contribution in [-0.2, 0) is 14.8 Å². The number of carboxylic acids is 1. The van der Waals surface area contributed by atoms with Crippen LogP contribution < -0.4 is 0 Å². The highest BCUT2D eigenvalue weighted by Crippen LogP contribution is 2.35. The van der Waals surface area contributed by atoms with Gasteiger partial charge in [-0.15, -0.1) is 11.8 Å². The fraction of sp³-hybridized carbons (Fsp3) is 0.300. The summed E-state index contributed by atoms with van der Waals surface area (Å²) in [4.78, 5) is 10.8. The third-order valence-electron chi connectivity index (χ3n) is 2.61. The van der Waals surface area contributed by atoms with E-state index in [0.29, 0.717) is 0 Å². The molecule has 0 spiro atoms. The minimum Gasteiger partial charge on any atom is -0.480 e. The van der Waals surface area contributed by atoms with Crippen molar-refractivity contribution in [1.29, 1.82) is 0 Å². The first kappa shape index (κ1) is 14.9. The number of rotatable bonds is 3. The quantitative estimate of drug-likeness (QED) is 0.911. The van der Waals surface area contributed by atoms with Gasteiger partial charge in [0.1, 0.15) is 10.9 Å². The molecule has 0 bridgehead atoms. The molecule has 1 fully saturated rings. The summed E-state index contributed by atoms with van der Waals surface area (Å²) < 4.78 is 25.9. The van der Waals surface area contributed by atoms with Gasteiger partial charge in [0.2, 0.25) is 10.0 Å². The molecule has 1 aliphatic rings. The number of carboxylic acid groups (broad SMARTS) is 1. The number of nitrogens with zero attached hydrogens (tertiary/aromatic N) is 1. The molecule has 0 aliphatic carbocycles. The van der Waals surface area contributed by atoms with E-state index >= 15 is 0 Å². The molecule has 0 amide bonds. The lowest BCUT2D eigenvalue weighted by atomic mass is 10.3. The summed E-state index contributed by atoms with van der Waals surface area (Å²) in [5.41, 5.74) is 0. The number of sulfonamides is 1. The number of aliphatic carboxylic acids is 1. The predicted molar refractivity (Wildman–Crippen MR) is 74.2 cm³/mol. The Morgan fingerprint density at radius 3 is 2.47 bits per heavy atom. The molecule has 1 aliphatic heterocycles. The molecule has 0 radical (unpaired) electrons. The van der Waals surface area contributed by atoms with E-state index in [1.54, 1.807) is 0 Å². The van der Waals surface area contributed by atoms with E-state index in [1.165, 1.54) is 30.0 Å². The van der Waals surface area contributed by atoms with Gasteiger partial charge in [-0.05, 0) is 12.1 Å². The Kier molecular flexibility index (Phi) is 4.32. The fourth-order valence-electron chi connectivity index (χ4n) is 1.70. The molecule has 104 valence electrons. The van der Waals surface area contributed by atoms with Crippen LogP contribution in [0, 0.1) is 0 Å². The predicted octanol–water partition coefficient (Wildman–Crippen LogP) is 2.14. The van der Waals surface area contributed by atoms with Crippen LogP contribution in [0.2, 0.25) is 10.0 Å². The van der Waals surface area contributed by atoms with Crippen molar-refractivity contribution in [2.45, 2.75) is 10.9 Å². The second-order valence-electron chi connectivity index (χ2n) is 3.80. The highest BCUT2D eigenvalue weighted by atomic mass is 35.5. The Morgan fingerprint density at radius 2 is 1.95 bits per heavy atom. The first-order valence-electron chi connectivity index (χ1n) is 5.12. The Morgan fingerprint density at radius 1 is 1.37 bits per heavy atom. The molecular weight excluding hydrogens is 333 g/mol. The summed E-state index contributed by atoms with van der Waals surface area (Å²) in [6, 6.07) is 3.23. The van der Waals surface area contributed by atoms with Gasteiger partial charge in [-0.3, -0.25) is 4.79 Å². The molecule has 1 atom stereocenters. The largest absolute Gasteiger partial charge is 0.480 e. The molecule has 5 nitrogen and oxygen atoms in total. The van der Waals surface area contributed by atoms with Crippen LogP contribution in [0.3, 0.4) is 0 Å². The van der Waals surface area contributed by atoms with Gasteiger partial charge in [-0.1, -0.05) is 29.3 Å². The van der Waals surface area contributed by atoms with Crippen LogP contribution in [0.4, 0.5) is 0 Å². The molecule has 2 rings (SSSR count). The van der Waals surface area contributed by atoms with Gasteiger partial charge in [0.25, 0.3) is 0 Å². The number of hydrogen-bond acceptors (Lipinski definition) is 4. The van der Waals surface area contributed by atoms with Crippen molar-refractivity contribution in [3.8, 4) is 0 Å². The molecule has 1 heterocycles. The average molecular weight is 342 g/mol. The molecule has 1 N–H and O–H groups in total. The second kappa shape index (κ2) is 5.49. The summed E-state index contributed by atoms with van der Waals surface area (Å²) in [6.45, 7) is 0. The first-order chi connectivity index (χ1) is 8.85. The molecule has 0 unspecified atom stereocenters. The average Bonchev–Trinajstić information content (AvgIpc) is 2.77. The van der Waals surface area contributed by atoms with Crippen molar-refractivity contribution < 1.29 is 18.3 Å². The minimum absolute atomic E-state index is 0.0199. The number of benzene rings is 1. The lowest BCUT2D eigenvalue weighted by Crippen LogP contribution is -2.41. The van der Waals surface area contributed by atoms with Crippen molar-refractivity contribution in [3.05, 3.63) is 28.2 Å². The van der Waals surface area contributed by atoms with Crippen molar-refractivity contribution in [2.75, 3.05) is 11.6 Å². The zero-order valence-electron chi connectivity index (χ0n) is 9.42. The highest BCUT2D eigenvalue weighted by molar-refractivity contribution is 8.00. The van der Waals surface area contributed by atoms with Crippen LogP contribution in [0.15, 0.2) is 23.1 Å². The number of carbonyl (C=O) groups is 1. The van der Waals surface area contributed by atoms with E-state index < -0.39 is 22.0 Å². The van der Waals surface area contributed by atoms with Gasteiger partial charge in [-0.25, -0.2) is 8.42 Å². The van der Waals surface area contributed by atoms with Crippen molar-refractivity contribution in [1.82, 2.24) is 4.31 Å².